The van der Waals surface area contributed by atoms with Crippen molar-refractivity contribution in [3.8, 4) is 11.5 Å². The first-order chi connectivity index (χ1) is 15.0. The summed E-state index contributed by atoms with van der Waals surface area (Å²) in [7, 11) is 2.56. The summed E-state index contributed by atoms with van der Waals surface area (Å²) in [5.74, 6) is -8.32. The number of benzene rings is 1. The van der Waals surface area contributed by atoms with Crippen molar-refractivity contribution in [3.05, 3.63) is 23.8 Å². The summed E-state index contributed by atoms with van der Waals surface area (Å²) in [5, 5.41) is 43.0. The number of carboxylic acids is 5. The van der Waals surface area contributed by atoms with Gasteiger partial charge in [0.2, 0.25) is 0 Å². The number of aliphatic carboxylic acids is 5. The van der Waals surface area contributed by atoms with Crippen LogP contribution in [0.2, 0.25) is 0 Å². The first-order valence-electron chi connectivity index (χ1n) is 8.70. The monoisotopic (exact) mass is 492 g/mol. The molecule has 0 saturated carbocycles. The van der Waals surface area contributed by atoms with E-state index in [0.29, 0.717) is 21.6 Å². The van der Waals surface area contributed by atoms with Gasteiger partial charge in [0.05, 0.1) is 31.1 Å². The van der Waals surface area contributed by atoms with Gasteiger partial charge in [-0.3, -0.25) is 19.2 Å². The van der Waals surface area contributed by atoms with Crippen LogP contribution in [-0.2, 0) is 24.0 Å². The number of carbonyl (C=O) groups is 5. The third-order valence-corrected chi connectivity index (χ3v) is 7.03. The fourth-order valence-corrected chi connectivity index (χ4v) is 5.53. The third kappa shape index (κ3) is 8.55. The van der Waals surface area contributed by atoms with Gasteiger partial charge in [0.15, 0.2) is 18.1 Å². The van der Waals surface area contributed by atoms with Crippen LogP contribution < -0.4 is 9.47 Å². The van der Waals surface area contributed by atoms with Crippen LogP contribution in [0, 0.1) is 5.92 Å². The summed E-state index contributed by atoms with van der Waals surface area (Å²) >= 11 is 0. The Labute approximate surface area is 188 Å². The number of methoxy groups -OCH3 is 1. The van der Waals surface area contributed by atoms with Crippen LogP contribution in [0.3, 0.4) is 0 Å². The van der Waals surface area contributed by atoms with Gasteiger partial charge in [-0.15, -0.1) is 0 Å². The first-order valence-corrected chi connectivity index (χ1v) is 11.0. The molecular weight excluding hydrogens is 472 g/mol. The van der Waals surface area contributed by atoms with Crippen LogP contribution in [0.4, 0.5) is 0 Å². The van der Waals surface area contributed by atoms with E-state index in [-0.39, 0.29) is 17.1 Å². The molecule has 14 heteroatoms. The molecule has 1 rings (SSSR count). The molecule has 0 amide bonds. The molecule has 0 aromatic heterocycles. The molecule has 3 atom stereocenters. The van der Waals surface area contributed by atoms with E-state index in [2.05, 4.69) is 0 Å². The Balaban J connectivity index is 3.33. The van der Waals surface area contributed by atoms with Crippen LogP contribution in [0.1, 0.15) is 23.7 Å². The van der Waals surface area contributed by atoms with Crippen LogP contribution >= 0.6 is 21.6 Å². The van der Waals surface area contributed by atoms with Crippen molar-refractivity contribution in [3.63, 3.8) is 0 Å². The maximum Gasteiger partial charge on any atom is 0.341 e. The molecule has 32 heavy (non-hydrogen) atoms. The molecule has 1 aromatic carbocycles. The first kappa shape index (κ1) is 26.9. The Morgan fingerprint density at radius 2 is 1.47 bits per heavy atom. The summed E-state index contributed by atoms with van der Waals surface area (Å²) in [6.07, 6.45) is -1.52. The minimum absolute atomic E-state index is 0.0365. The van der Waals surface area contributed by atoms with Crippen molar-refractivity contribution in [1.29, 1.82) is 0 Å². The third-order valence-electron chi connectivity index (χ3n) is 3.86. The zero-order chi connectivity index (χ0) is 24.4. The van der Waals surface area contributed by atoms with Crippen molar-refractivity contribution >= 4 is 51.4 Å². The minimum Gasteiger partial charge on any atom is -0.493 e. The van der Waals surface area contributed by atoms with Crippen LogP contribution in [-0.4, -0.2) is 74.3 Å². The Morgan fingerprint density at radius 1 is 0.844 bits per heavy atom. The van der Waals surface area contributed by atoms with E-state index >= 15 is 0 Å². The van der Waals surface area contributed by atoms with E-state index in [9.17, 15) is 34.2 Å². The molecule has 0 aliphatic heterocycles. The highest BCUT2D eigenvalue weighted by atomic mass is 33.1. The molecule has 176 valence electrons. The van der Waals surface area contributed by atoms with Gasteiger partial charge in [-0.05, 0) is 17.7 Å². The largest absolute Gasteiger partial charge is 0.493 e. The van der Waals surface area contributed by atoms with Gasteiger partial charge in [0.25, 0.3) is 0 Å². The summed E-state index contributed by atoms with van der Waals surface area (Å²) < 4.78 is 10.2. The van der Waals surface area contributed by atoms with E-state index in [1.54, 1.807) is 0 Å². The number of hydrogen-bond acceptors (Lipinski definition) is 9. The molecule has 0 bridgehead atoms. The molecule has 12 nitrogen and oxygen atoms in total. The maximum atomic E-state index is 11.8. The van der Waals surface area contributed by atoms with Gasteiger partial charge in [0.1, 0.15) is 5.25 Å². The molecule has 0 radical (unpaired) electrons. The Kier molecular flexibility index (Phi) is 10.6. The predicted octanol–water partition coefficient (Wildman–Crippen LogP) is 1.68. The second kappa shape index (κ2) is 12.7. The molecule has 0 heterocycles. The van der Waals surface area contributed by atoms with Gasteiger partial charge in [0, 0.05) is 0 Å². The second-order valence-corrected chi connectivity index (χ2v) is 8.79. The summed E-state index contributed by atoms with van der Waals surface area (Å²) in [6, 6.07) is 3.99. The Bertz CT molecular complexity index is 872. The van der Waals surface area contributed by atoms with Crippen molar-refractivity contribution < 1.29 is 59.0 Å². The SMILES string of the molecule is COc1cc(C(SSC(CC(=O)O)C(=O)O)C(CC(=O)O)C(=O)O)ccc1OCC(=O)O. The van der Waals surface area contributed by atoms with Crippen molar-refractivity contribution in [2.45, 2.75) is 23.3 Å². The zero-order valence-electron chi connectivity index (χ0n) is 16.5. The van der Waals surface area contributed by atoms with Crippen molar-refractivity contribution in [2.24, 2.45) is 5.92 Å². The van der Waals surface area contributed by atoms with Crippen LogP contribution in [0.15, 0.2) is 18.2 Å². The Morgan fingerprint density at radius 3 is 1.94 bits per heavy atom. The summed E-state index contributed by atoms with van der Waals surface area (Å²) in [4.78, 5) is 56.0. The molecule has 1 aromatic rings. The maximum absolute atomic E-state index is 11.8. The van der Waals surface area contributed by atoms with Gasteiger partial charge < -0.3 is 35.0 Å². The number of hydrogen-bond donors (Lipinski definition) is 5. The summed E-state index contributed by atoms with van der Waals surface area (Å²) in [5.41, 5.74) is 0.232. The fourth-order valence-electron chi connectivity index (χ4n) is 2.43. The lowest BCUT2D eigenvalue weighted by Gasteiger charge is -2.24. The highest BCUT2D eigenvalue weighted by Crippen LogP contribution is 2.48. The average Bonchev–Trinajstić information content (AvgIpc) is 2.69. The smallest absolute Gasteiger partial charge is 0.341 e. The summed E-state index contributed by atoms with van der Waals surface area (Å²) in [6.45, 7) is -0.671. The predicted molar refractivity (Wildman–Crippen MR) is 111 cm³/mol. The van der Waals surface area contributed by atoms with E-state index in [0.717, 1.165) is 0 Å². The molecule has 0 fully saturated rings. The number of rotatable bonds is 15. The lowest BCUT2D eigenvalue weighted by molar-refractivity contribution is -0.148. The lowest BCUT2D eigenvalue weighted by Crippen LogP contribution is -2.24. The van der Waals surface area contributed by atoms with E-state index in [4.69, 9.17) is 24.8 Å². The molecule has 0 aliphatic rings. The van der Waals surface area contributed by atoms with Gasteiger partial charge in [-0.1, -0.05) is 27.7 Å². The quantitative estimate of drug-likeness (QED) is 0.221. The highest BCUT2D eigenvalue weighted by molar-refractivity contribution is 8.77. The van der Waals surface area contributed by atoms with Crippen molar-refractivity contribution in [1.82, 2.24) is 0 Å². The standard InChI is InChI=1S/C18H20O12S2/c1-29-11-4-8(2-3-10(11)30-7-15(23)24)16(9(17(25)26)5-13(19)20)32-31-12(18(27)28)6-14(21)22/h2-4,9,12,16H,5-7H2,1H3,(H,19,20)(H,21,22)(H,23,24)(H,25,26)(H,27,28). The molecule has 5 N–H and O–H groups in total. The zero-order valence-corrected chi connectivity index (χ0v) is 18.1. The average molecular weight is 492 g/mol. The van der Waals surface area contributed by atoms with Crippen LogP contribution in [0.5, 0.6) is 11.5 Å². The molecule has 0 saturated heterocycles. The minimum atomic E-state index is -1.50. The molecule has 3 unspecified atom stereocenters. The van der Waals surface area contributed by atoms with E-state index in [1.165, 1.54) is 25.3 Å². The van der Waals surface area contributed by atoms with Gasteiger partial charge in [-0.25, -0.2) is 4.79 Å². The Hall–Kier alpha value is -3.13. The van der Waals surface area contributed by atoms with Gasteiger partial charge in [-0.2, -0.15) is 0 Å². The molecule has 0 spiro atoms. The van der Waals surface area contributed by atoms with Gasteiger partial charge >= 0.3 is 29.8 Å². The normalized spacial score (nSPS) is 13.4. The lowest BCUT2D eigenvalue weighted by atomic mass is 9.95. The second-order valence-electron chi connectivity index (χ2n) is 6.17. The van der Waals surface area contributed by atoms with E-state index in [1.807, 2.05) is 0 Å². The molecule has 0 aliphatic carbocycles. The molecular formula is C18H20O12S2. The topological polar surface area (TPSA) is 205 Å². The van der Waals surface area contributed by atoms with E-state index < -0.39 is 65.7 Å². The fraction of sp³-hybridized carbons (Fsp3) is 0.389. The van der Waals surface area contributed by atoms with Crippen LogP contribution in [0.25, 0.3) is 0 Å². The highest BCUT2D eigenvalue weighted by Gasteiger charge is 2.35. The number of carboxylic acid groups (broad SMARTS) is 5. The number of ether oxygens (including phenoxy) is 2. The van der Waals surface area contributed by atoms with Crippen molar-refractivity contribution in [2.75, 3.05) is 13.7 Å².